The summed E-state index contributed by atoms with van der Waals surface area (Å²) in [6, 6.07) is 22.1. The van der Waals surface area contributed by atoms with Gasteiger partial charge in [0.05, 0.1) is 23.7 Å². The van der Waals surface area contributed by atoms with E-state index in [9.17, 15) is 10.1 Å². The summed E-state index contributed by atoms with van der Waals surface area (Å²) in [5.74, 6) is 0.103. The number of hydrazine groups is 1. The first-order chi connectivity index (χ1) is 13.2. The quantitative estimate of drug-likeness (QED) is 0.707. The van der Waals surface area contributed by atoms with E-state index in [1.54, 1.807) is 0 Å². The third-order valence-corrected chi connectivity index (χ3v) is 5.06. The molecule has 4 rings (SSSR count). The molecule has 0 N–H and O–H groups in total. The van der Waals surface area contributed by atoms with Gasteiger partial charge in [-0.1, -0.05) is 54.1 Å². The molecular weight excluding hydrogens is 334 g/mol. The molecule has 4 heteroatoms. The van der Waals surface area contributed by atoms with Gasteiger partial charge in [-0.2, -0.15) is 5.26 Å². The molecule has 0 aliphatic carbocycles. The number of hydrogen-bond acceptors (Lipinski definition) is 3. The normalized spacial score (nSPS) is 13.8. The first-order valence-electron chi connectivity index (χ1n) is 9.22. The zero-order valence-corrected chi connectivity index (χ0v) is 15.4. The zero-order chi connectivity index (χ0) is 18.8. The zero-order valence-electron chi connectivity index (χ0n) is 15.4. The monoisotopic (exact) mass is 355 g/mol. The van der Waals surface area contributed by atoms with Gasteiger partial charge < -0.3 is 0 Å². The van der Waals surface area contributed by atoms with Gasteiger partial charge in [-0.25, -0.2) is 0 Å². The van der Waals surface area contributed by atoms with Gasteiger partial charge in [-0.05, 0) is 31.0 Å². The van der Waals surface area contributed by atoms with E-state index in [1.807, 2.05) is 66.5 Å². The highest BCUT2D eigenvalue weighted by molar-refractivity contribution is 5.98. The predicted molar refractivity (Wildman–Crippen MR) is 107 cm³/mol. The van der Waals surface area contributed by atoms with Crippen molar-refractivity contribution in [3.8, 4) is 6.07 Å². The van der Waals surface area contributed by atoms with Crippen LogP contribution in [0, 0.1) is 18.3 Å². The summed E-state index contributed by atoms with van der Waals surface area (Å²) in [5.41, 5.74) is 3.85. The Hall–Kier alpha value is -3.32. The fraction of sp³-hybridized carbons (Fsp3) is 0.217. The molecule has 1 heterocycles. The SMILES string of the molecule is Cc1cccc(CC(=O)N2CCCN2c2ccc(C#N)c3ccccc23)c1. The van der Waals surface area contributed by atoms with E-state index in [4.69, 9.17) is 0 Å². The Balaban J connectivity index is 1.67. The number of carbonyl (C=O) groups excluding carboxylic acids is 1. The molecule has 1 aliphatic rings. The Kier molecular flexibility index (Phi) is 4.52. The Bertz CT molecular complexity index is 1050. The molecule has 0 bridgehead atoms. The third-order valence-electron chi connectivity index (χ3n) is 5.06. The van der Waals surface area contributed by atoms with Crippen molar-refractivity contribution in [1.82, 2.24) is 5.01 Å². The first kappa shape index (κ1) is 17.1. The first-order valence-corrected chi connectivity index (χ1v) is 9.22. The molecule has 3 aromatic rings. The van der Waals surface area contributed by atoms with Crippen molar-refractivity contribution >= 4 is 22.4 Å². The molecule has 0 unspecified atom stereocenters. The second kappa shape index (κ2) is 7.13. The van der Waals surface area contributed by atoms with Crippen molar-refractivity contribution in [2.24, 2.45) is 0 Å². The number of hydrogen-bond donors (Lipinski definition) is 0. The van der Waals surface area contributed by atoms with Crippen molar-refractivity contribution in [3.63, 3.8) is 0 Å². The third kappa shape index (κ3) is 3.24. The van der Waals surface area contributed by atoms with Crippen LogP contribution in [0.4, 0.5) is 5.69 Å². The molecule has 1 fully saturated rings. The molecule has 0 saturated carbocycles. The summed E-state index contributed by atoms with van der Waals surface area (Å²) >= 11 is 0. The van der Waals surface area contributed by atoms with Crippen LogP contribution in [-0.4, -0.2) is 24.0 Å². The summed E-state index contributed by atoms with van der Waals surface area (Å²) < 4.78 is 0. The molecule has 134 valence electrons. The molecule has 1 aliphatic heterocycles. The molecule has 0 radical (unpaired) electrons. The van der Waals surface area contributed by atoms with Crippen molar-refractivity contribution in [2.75, 3.05) is 18.1 Å². The highest BCUT2D eigenvalue weighted by Gasteiger charge is 2.28. The maximum absolute atomic E-state index is 13.0. The molecule has 0 aromatic heterocycles. The number of anilines is 1. The van der Waals surface area contributed by atoms with Crippen LogP contribution in [0.25, 0.3) is 10.8 Å². The van der Waals surface area contributed by atoms with Crippen LogP contribution < -0.4 is 5.01 Å². The highest BCUT2D eigenvalue weighted by atomic mass is 16.2. The van der Waals surface area contributed by atoms with Crippen LogP contribution in [0.1, 0.15) is 23.1 Å². The molecular formula is C23H21N3O. The van der Waals surface area contributed by atoms with Gasteiger partial charge in [0, 0.05) is 23.9 Å². The smallest absolute Gasteiger partial charge is 0.245 e. The van der Waals surface area contributed by atoms with Crippen molar-refractivity contribution in [2.45, 2.75) is 19.8 Å². The summed E-state index contributed by atoms with van der Waals surface area (Å²) in [7, 11) is 0. The topological polar surface area (TPSA) is 47.3 Å². The minimum Gasteiger partial charge on any atom is -0.282 e. The molecule has 1 saturated heterocycles. The van der Waals surface area contributed by atoms with E-state index in [-0.39, 0.29) is 5.91 Å². The Morgan fingerprint density at radius 1 is 1.04 bits per heavy atom. The van der Waals surface area contributed by atoms with E-state index in [0.717, 1.165) is 47.1 Å². The van der Waals surface area contributed by atoms with Gasteiger partial charge in [0.25, 0.3) is 0 Å². The van der Waals surface area contributed by atoms with Crippen molar-refractivity contribution in [3.05, 3.63) is 77.4 Å². The van der Waals surface area contributed by atoms with Crippen LogP contribution in [0.15, 0.2) is 60.7 Å². The summed E-state index contributed by atoms with van der Waals surface area (Å²) in [6.07, 6.45) is 1.33. The van der Waals surface area contributed by atoms with Crippen LogP contribution >= 0.6 is 0 Å². The van der Waals surface area contributed by atoms with E-state index < -0.39 is 0 Å². The van der Waals surface area contributed by atoms with Gasteiger partial charge in [0.15, 0.2) is 0 Å². The molecule has 0 atom stereocenters. The number of aryl methyl sites for hydroxylation is 1. The number of nitrogens with zero attached hydrogens (tertiary/aromatic N) is 3. The molecule has 1 amide bonds. The van der Waals surface area contributed by atoms with Gasteiger partial charge in [0.2, 0.25) is 5.91 Å². The van der Waals surface area contributed by atoms with Gasteiger partial charge in [0.1, 0.15) is 0 Å². The van der Waals surface area contributed by atoms with E-state index in [1.165, 1.54) is 0 Å². The predicted octanol–water partition coefficient (Wildman–Crippen LogP) is 4.22. The molecule has 27 heavy (non-hydrogen) atoms. The summed E-state index contributed by atoms with van der Waals surface area (Å²) in [6.45, 7) is 3.56. The number of fused-ring (bicyclic) bond motifs is 1. The van der Waals surface area contributed by atoms with Crippen LogP contribution in [0.3, 0.4) is 0 Å². The van der Waals surface area contributed by atoms with E-state index >= 15 is 0 Å². The van der Waals surface area contributed by atoms with Crippen molar-refractivity contribution in [1.29, 1.82) is 5.26 Å². The summed E-state index contributed by atoms with van der Waals surface area (Å²) in [4.78, 5) is 13.0. The van der Waals surface area contributed by atoms with Crippen molar-refractivity contribution < 1.29 is 4.79 Å². The molecule has 4 nitrogen and oxygen atoms in total. The Labute approximate surface area is 159 Å². The summed E-state index contributed by atoms with van der Waals surface area (Å²) in [5, 5.41) is 15.3. The maximum Gasteiger partial charge on any atom is 0.245 e. The maximum atomic E-state index is 13.0. The number of rotatable bonds is 3. The Morgan fingerprint density at radius 3 is 2.63 bits per heavy atom. The van der Waals surface area contributed by atoms with E-state index in [0.29, 0.717) is 12.0 Å². The number of carbonyl (C=O) groups is 1. The number of nitriles is 1. The highest BCUT2D eigenvalue weighted by Crippen LogP contribution is 2.32. The molecule has 0 spiro atoms. The standard InChI is InChI=1S/C23H21N3O/c1-17-6-4-7-18(14-17)15-23(27)26-13-5-12-25(26)22-11-10-19(16-24)20-8-2-3-9-21(20)22/h2-4,6-11,14H,5,12-13,15H2,1H3. The van der Waals surface area contributed by atoms with Crippen LogP contribution in [0.2, 0.25) is 0 Å². The Morgan fingerprint density at radius 2 is 1.85 bits per heavy atom. The largest absolute Gasteiger partial charge is 0.282 e. The molecule has 3 aromatic carbocycles. The van der Waals surface area contributed by atoms with Crippen LogP contribution in [0.5, 0.6) is 0 Å². The lowest BCUT2D eigenvalue weighted by Gasteiger charge is -2.31. The van der Waals surface area contributed by atoms with Crippen LogP contribution in [-0.2, 0) is 11.2 Å². The van der Waals surface area contributed by atoms with Gasteiger partial charge >= 0.3 is 0 Å². The fourth-order valence-corrected chi connectivity index (χ4v) is 3.82. The second-order valence-electron chi connectivity index (χ2n) is 6.95. The minimum absolute atomic E-state index is 0.103. The lowest BCUT2D eigenvalue weighted by atomic mass is 10.0. The van der Waals surface area contributed by atoms with Gasteiger partial charge in [-0.15, -0.1) is 0 Å². The average Bonchev–Trinajstić information content (AvgIpc) is 3.17. The lowest BCUT2D eigenvalue weighted by Crippen LogP contribution is -2.42. The minimum atomic E-state index is 0.103. The lowest BCUT2D eigenvalue weighted by molar-refractivity contribution is -0.129. The average molecular weight is 355 g/mol. The van der Waals surface area contributed by atoms with Gasteiger partial charge in [-0.3, -0.25) is 14.8 Å². The number of benzene rings is 3. The number of amides is 1. The van der Waals surface area contributed by atoms with E-state index in [2.05, 4.69) is 17.1 Å². The second-order valence-corrected chi connectivity index (χ2v) is 6.95. The fourth-order valence-electron chi connectivity index (χ4n) is 3.82.